The maximum atomic E-state index is 12.1. The number of rotatable bonds is 6. The molecule has 0 heterocycles. The van der Waals surface area contributed by atoms with Gasteiger partial charge in [0.15, 0.2) is 5.78 Å². The zero-order chi connectivity index (χ0) is 12.0. The van der Waals surface area contributed by atoms with Crippen molar-refractivity contribution in [1.29, 1.82) is 0 Å². The van der Waals surface area contributed by atoms with E-state index < -0.39 is 0 Å². The molecule has 0 bridgehead atoms. The minimum absolute atomic E-state index is 0.0440. The topological polar surface area (TPSA) is 29.1 Å². The quantitative estimate of drug-likeness (QED) is 0.745. The summed E-state index contributed by atoms with van der Waals surface area (Å²) in [5, 5.41) is 3.08. The largest absolute Gasteiger partial charge is 0.310 e. The Morgan fingerprint density at radius 3 is 2.31 bits per heavy atom. The Morgan fingerprint density at radius 1 is 1.25 bits per heavy atom. The van der Waals surface area contributed by atoms with E-state index >= 15 is 0 Å². The van der Waals surface area contributed by atoms with E-state index in [9.17, 15) is 4.79 Å². The van der Waals surface area contributed by atoms with Crippen molar-refractivity contribution < 1.29 is 4.79 Å². The lowest BCUT2D eigenvalue weighted by Gasteiger charge is -2.14. The van der Waals surface area contributed by atoms with Gasteiger partial charge in [-0.1, -0.05) is 44.5 Å². The molecule has 1 atom stereocenters. The monoisotopic (exact) mass is 219 g/mol. The van der Waals surface area contributed by atoms with Crippen molar-refractivity contribution >= 4 is 5.78 Å². The van der Waals surface area contributed by atoms with Crippen LogP contribution in [0.5, 0.6) is 0 Å². The highest BCUT2D eigenvalue weighted by molar-refractivity contribution is 6.00. The molecule has 0 saturated heterocycles. The maximum absolute atomic E-state index is 12.1. The van der Waals surface area contributed by atoms with Crippen molar-refractivity contribution in [2.24, 2.45) is 0 Å². The summed E-state index contributed by atoms with van der Waals surface area (Å²) >= 11 is 0. The van der Waals surface area contributed by atoms with Gasteiger partial charge in [0.1, 0.15) is 0 Å². The fourth-order valence-electron chi connectivity index (χ4n) is 1.80. The Labute approximate surface area is 98.1 Å². The van der Waals surface area contributed by atoms with Gasteiger partial charge in [-0.05, 0) is 25.5 Å². The molecule has 0 aromatic heterocycles. The lowest BCUT2D eigenvalue weighted by atomic mass is 9.99. The third-order valence-electron chi connectivity index (χ3n) is 2.89. The molecule has 0 fully saturated rings. The second-order valence-electron chi connectivity index (χ2n) is 4.04. The number of hydrogen-bond donors (Lipinski definition) is 1. The van der Waals surface area contributed by atoms with E-state index in [1.54, 1.807) is 0 Å². The summed E-state index contributed by atoms with van der Waals surface area (Å²) in [4.78, 5) is 12.1. The van der Waals surface area contributed by atoms with Gasteiger partial charge in [-0.15, -0.1) is 0 Å². The Morgan fingerprint density at radius 2 is 1.88 bits per heavy atom. The molecule has 1 unspecified atom stereocenters. The average Bonchev–Trinajstić information content (AvgIpc) is 2.35. The van der Waals surface area contributed by atoms with Crippen LogP contribution in [0.1, 0.15) is 42.6 Å². The first-order valence-corrected chi connectivity index (χ1v) is 6.03. The number of Topliss-reactive ketones (excluding diaryl/α,β-unsaturated/α-hetero) is 1. The predicted octanol–water partition coefficient (Wildman–Crippen LogP) is 2.82. The predicted molar refractivity (Wildman–Crippen MR) is 67.9 cm³/mol. The SMILES string of the molecule is CCCC(NC)C(=O)c1ccc(CC)cc1. The van der Waals surface area contributed by atoms with Crippen LogP contribution < -0.4 is 5.32 Å². The van der Waals surface area contributed by atoms with Crippen molar-refractivity contribution in [3.63, 3.8) is 0 Å². The molecule has 1 rings (SSSR count). The standard InChI is InChI=1S/C14H21NO/c1-4-6-13(15-3)14(16)12-9-7-11(5-2)8-10-12/h7-10,13,15H,4-6H2,1-3H3. The van der Waals surface area contributed by atoms with E-state index in [4.69, 9.17) is 0 Å². The summed E-state index contributed by atoms with van der Waals surface area (Å²) in [5.74, 6) is 0.201. The number of carbonyl (C=O) groups excluding carboxylic acids is 1. The number of nitrogens with one attached hydrogen (secondary N) is 1. The highest BCUT2D eigenvalue weighted by atomic mass is 16.1. The zero-order valence-electron chi connectivity index (χ0n) is 10.4. The number of hydrogen-bond acceptors (Lipinski definition) is 2. The van der Waals surface area contributed by atoms with Crippen LogP contribution in [0.15, 0.2) is 24.3 Å². The molecule has 2 heteroatoms. The van der Waals surface area contributed by atoms with E-state index in [-0.39, 0.29) is 11.8 Å². The molecule has 2 nitrogen and oxygen atoms in total. The Hall–Kier alpha value is -1.15. The van der Waals surface area contributed by atoms with Gasteiger partial charge in [-0.3, -0.25) is 4.79 Å². The number of ketones is 1. The minimum atomic E-state index is -0.0440. The summed E-state index contributed by atoms with van der Waals surface area (Å²) < 4.78 is 0. The fourth-order valence-corrected chi connectivity index (χ4v) is 1.80. The van der Waals surface area contributed by atoms with E-state index in [0.29, 0.717) is 0 Å². The van der Waals surface area contributed by atoms with Crippen LogP contribution in [-0.2, 0) is 6.42 Å². The molecule has 0 aliphatic carbocycles. The molecular weight excluding hydrogens is 198 g/mol. The van der Waals surface area contributed by atoms with Gasteiger partial charge >= 0.3 is 0 Å². The highest BCUT2D eigenvalue weighted by Crippen LogP contribution is 2.10. The Balaban J connectivity index is 2.78. The molecule has 0 spiro atoms. The van der Waals surface area contributed by atoms with Crippen LogP contribution in [-0.4, -0.2) is 18.9 Å². The fraction of sp³-hybridized carbons (Fsp3) is 0.500. The van der Waals surface area contributed by atoms with E-state index in [1.807, 2.05) is 31.3 Å². The molecule has 0 aliphatic heterocycles. The molecule has 0 amide bonds. The number of carbonyl (C=O) groups is 1. The van der Waals surface area contributed by atoms with E-state index in [2.05, 4.69) is 19.2 Å². The van der Waals surface area contributed by atoms with Crippen molar-refractivity contribution in [2.45, 2.75) is 39.2 Å². The average molecular weight is 219 g/mol. The third-order valence-corrected chi connectivity index (χ3v) is 2.89. The summed E-state index contributed by atoms with van der Waals surface area (Å²) in [6.45, 7) is 4.21. The van der Waals surface area contributed by atoms with Crippen molar-refractivity contribution in [2.75, 3.05) is 7.05 Å². The molecule has 16 heavy (non-hydrogen) atoms. The second-order valence-corrected chi connectivity index (χ2v) is 4.04. The lowest BCUT2D eigenvalue weighted by Crippen LogP contribution is -2.33. The van der Waals surface area contributed by atoms with Crippen LogP contribution in [0.4, 0.5) is 0 Å². The van der Waals surface area contributed by atoms with Crippen molar-refractivity contribution in [1.82, 2.24) is 5.32 Å². The maximum Gasteiger partial charge on any atom is 0.179 e. The molecule has 1 aromatic carbocycles. The molecule has 88 valence electrons. The minimum Gasteiger partial charge on any atom is -0.310 e. The third kappa shape index (κ3) is 3.17. The smallest absolute Gasteiger partial charge is 0.179 e. The van der Waals surface area contributed by atoms with Gasteiger partial charge in [0.05, 0.1) is 6.04 Å². The first kappa shape index (κ1) is 12.9. The van der Waals surface area contributed by atoms with E-state index in [1.165, 1.54) is 5.56 Å². The van der Waals surface area contributed by atoms with Gasteiger partial charge in [-0.2, -0.15) is 0 Å². The van der Waals surface area contributed by atoms with Crippen LogP contribution in [0, 0.1) is 0 Å². The van der Waals surface area contributed by atoms with Gasteiger partial charge < -0.3 is 5.32 Å². The molecule has 0 saturated carbocycles. The number of aryl methyl sites for hydroxylation is 1. The van der Waals surface area contributed by atoms with Crippen LogP contribution in [0.3, 0.4) is 0 Å². The van der Waals surface area contributed by atoms with Crippen LogP contribution in [0.2, 0.25) is 0 Å². The zero-order valence-corrected chi connectivity index (χ0v) is 10.4. The molecular formula is C14H21NO. The Kier molecular flexibility index (Phi) is 5.20. The normalized spacial score (nSPS) is 12.4. The van der Waals surface area contributed by atoms with Crippen molar-refractivity contribution in [3.8, 4) is 0 Å². The number of benzene rings is 1. The second kappa shape index (κ2) is 6.44. The molecule has 0 aliphatic rings. The Bertz CT molecular complexity index is 329. The molecule has 0 radical (unpaired) electrons. The van der Waals surface area contributed by atoms with Gasteiger partial charge in [0.25, 0.3) is 0 Å². The van der Waals surface area contributed by atoms with Crippen LogP contribution in [0.25, 0.3) is 0 Å². The molecule has 1 N–H and O–H groups in total. The van der Waals surface area contributed by atoms with Crippen molar-refractivity contribution in [3.05, 3.63) is 35.4 Å². The number of likely N-dealkylation sites (N-methyl/N-ethyl adjacent to an activating group) is 1. The lowest BCUT2D eigenvalue weighted by molar-refractivity contribution is 0.0942. The van der Waals surface area contributed by atoms with Gasteiger partial charge in [0, 0.05) is 5.56 Å². The van der Waals surface area contributed by atoms with Gasteiger partial charge in [-0.25, -0.2) is 0 Å². The van der Waals surface area contributed by atoms with E-state index in [0.717, 1.165) is 24.8 Å². The summed E-state index contributed by atoms with van der Waals surface area (Å²) in [6.07, 6.45) is 2.92. The first-order chi connectivity index (χ1) is 7.72. The molecule has 1 aromatic rings. The summed E-state index contributed by atoms with van der Waals surface area (Å²) in [5.41, 5.74) is 2.08. The van der Waals surface area contributed by atoms with Gasteiger partial charge in [0.2, 0.25) is 0 Å². The highest BCUT2D eigenvalue weighted by Gasteiger charge is 2.16. The summed E-state index contributed by atoms with van der Waals surface area (Å²) in [6, 6.07) is 7.89. The summed E-state index contributed by atoms with van der Waals surface area (Å²) in [7, 11) is 1.85. The van der Waals surface area contributed by atoms with Crippen LogP contribution >= 0.6 is 0 Å². The first-order valence-electron chi connectivity index (χ1n) is 6.03.